The highest BCUT2D eigenvalue weighted by atomic mass is 35.5. The summed E-state index contributed by atoms with van der Waals surface area (Å²) in [4.78, 5) is 12.0. The molecule has 148 valence electrons. The second-order valence-electron chi connectivity index (χ2n) is 5.97. The van der Waals surface area contributed by atoms with Gasteiger partial charge in [0.1, 0.15) is 16.5 Å². The first-order chi connectivity index (χ1) is 13.7. The Labute approximate surface area is 171 Å². The molecule has 3 rings (SSSR count). The zero-order valence-corrected chi connectivity index (χ0v) is 16.3. The van der Waals surface area contributed by atoms with Crippen molar-refractivity contribution < 1.29 is 18.3 Å². The van der Waals surface area contributed by atoms with Gasteiger partial charge in [-0.25, -0.2) is 18.2 Å². The lowest BCUT2D eigenvalue weighted by atomic mass is 10.1. The Balaban J connectivity index is 1.93. The van der Waals surface area contributed by atoms with Crippen LogP contribution < -0.4 is 10.5 Å². The minimum atomic E-state index is -4.21. The van der Waals surface area contributed by atoms with Gasteiger partial charge in [0.05, 0.1) is 18.3 Å². The summed E-state index contributed by atoms with van der Waals surface area (Å²) in [7, 11) is -4.21. The summed E-state index contributed by atoms with van der Waals surface area (Å²) in [6, 6.07) is 12.5. The highest BCUT2D eigenvalue weighted by Gasteiger charge is 2.19. The van der Waals surface area contributed by atoms with Gasteiger partial charge in [-0.1, -0.05) is 29.8 Å². The fraction of sp³-hybridized carbons (Fsp3) is 0.0556. The summed E-state index contributed by atoms with van der Waals surface area (Å²) in [6.45, 7) is 0. The van der Waals surface area contributed by atoms with Crippen molar-refractivity contribution in [2.75, 3.05) is 5.32 Å². The number of anilines is 1. The van der Waals surface area contributed by atoms with E-state index in [0.29, 0.717) is 10.6 Å². The average Bonchev–Trinajstić information content (AvgIpc) is 3.03. The molecule has 0 aliphatic carbocycles. The summed E-state index contributed by atoms with van der Waals surface area (Å²) >= 11 is 6.04. The lowest BCUT2D eigenvalue weighted by Crippen LogP contribution is -2.18. The average molecular weight is 432 g/mol. The van der Waals surface area contributed by atoms with Crippen molar-refractivity contribution in [2.24, 2.45) is 5.14 Å². The zero-order valence-electron chi connectivity index (χ0n) is 14.7. The Morgan fingerprint density at radius 2 is 2.03 bits per heavy atom. The molecule has 0 saturated carbocycles. The fourth-order valence-corrected chi connectivity index (χ4v) is 3.54. The van der Waals surface area contributed by atoms with Crippen molar-refractivity contribution in [2.45, 2.75) is 11.3 Å². The van der Waals surface area contributed by atoms with Gasteiger partial charge in [0.2, 0.25) is 21.8 Å². The molecule has 11 heteroatoms. The second kappa shape index (κ2) is 7.92. The molecule has 9 nitrogen and oxygen atoms in total. The van der Waals surface area contributed by atoms with Crippen LogP contribution >= 0.6 is 11.6 Å². The van der Waals surface area contributed by atoms with Gasteiger partial charge in [0.25, 0.3) is 0 Å². The van der Waals surface area contributed by atoms with E-state index in [4.69, 9.17) is 22.0 Å². The molecule has 0 atom stereocenters. The number of amides is 1. The molecule has 0 radical (unpaired) electrons. The third-order valence-corrected chi connectivity index (χ3v) is 5.23. The van der Waals surface area contributed by atoms with Crippen LogP contribution in [0.5, 0.6) is 5.88 Å². The number of primary sulfonamides is 1. The molecule has 0 saturated heterocycles. The number of hydrogen-bond acceptors (Lipinski definition) is 6. The molecule has 1 aromatic heterocycles. The molecule has 29 heavy (non-hydrogen) atoms. The number of benzene rings is 2. The number of hydrogen-bond donors (Lipinski definition) is 3. The van der Waals surface area contributed by atoms with Crippen molar-refractivity contribution in [1.82, 2.24) is 9.78 Å². The smallest absolute Gasteiger partial charge is 0.248 e. The lowest BCUT2D eigenvalue weighted by molar-refractivity contribution is -0.115. The van der Waals surface area contributed by atoms with Gasteiger partial charge in [-0.2, -0.15) is 5.26 Å². The molecule has 1 amide bonds. The maximum Gasteiger partial charge on any atom is 0.248 e. The molecule has 0 unspecified atom stereocenters. The van der Waals surface area contributed by atoms with Crippen molar-refractivity contribution in [3.8, 4) is 17.6 Å². The number of aromatic hydroxyl groups is 1. The van der Waals surface area contributed by atoms with Crippen molar-refractivity contribution in [3.63, 3.8) is 0 Å². The summed E-state index contributed by atoms with van der Waals surface area (Å²) in [5.41, 5.74) is 0.675. The molecule has 2 aromatic carbocycles. The molecule has 0 aliphatic heterocycles. The summed E-state index contributed by atoms with van der Waals surface area (Å²) in [5, 5.41) is 30.6. The number of nitrogens with one attached hydrogen (secondary N) is 1. The maximum atomic E-state index is 12.3. The fourth-order valence-electron chi connectivity index (χ4n) is 2.60. The third-order valence-electron chi connectivity index (χ3n) is 3.92. The van der Waals surface area contributed by atoms with Gasteiger partial charge in [-0.15, -0.1) is 5.10 Å². The minimum absolute atomic E-state index is 0.00778. The van der Waals surface area contributed by atoms with Gasteiger partial charge < -0.3 is 10.4 Å². The quantitative estimate of drug-likeness (QED) is 0.561. The van der Waals surface area contributed by atoms with E-state index in [1.807, 2.05) is 0 Å². The number of sulfonamides is 1. The molecule has 0 fully saturated rings. The van der Waals surface area contributed by atoms with Crippen LogP contribution in [0.15, 0.2) is 53.6 Å². The Morgan fingerprint density at radius 1 is 1.31 bits per heavy atom. The Bertz CT molecular complexity index is 1250. The van der Waals surface area contributed by atoms with E-state index in [9.17, 15) is 18.3 Å². The van der Waals surface area contributed by atoms with Gasteiger partial charge in [0.15, 0.2) is 0 Å². The molecule has 4 N–H and O–H groups in total. The van der Waals surface area contributed by atoms with E-state index in [2.05, 4.69) is 10.4 Å². The van der Waals surface area contributed by atoms with Crippen LogP contribution in [0.2, 0.25) is 5.02 Å². The first-order valence-electron chi connectivity index (χ1n) is 8.08. The molecule has 3 aromatic rings. The number of carbonyl (C=O) groups is 1. The van der Waals surface area contributed by atoms with Crippen LogP contribution in [-0.2, 0) is 21.2 Å². The zero-order chi connectivity index (χ0) is 21.2. The summed E-state index contributed by atoms with van der Waals surface area (Å²) in [6.07, 6.45) is 1.15. The van der Waals surface area contributed by atoms with Gasteiger partial charge in [-0.3, -0.25) is 4.79 Å². The summed E-state index contributed by atoms with van der Waals surface area (Å²) in [5.74, 6) is -0.959. The Hall–Kier alpha value is -3.39. The van der Waals surface area contributed by atoms with E-state index >= 15 is 0 Å². The SMILES string of the molecule is N#Cc1cn(-c2ccc(NC(=O)Cc3ccccc3Cl)cc2S(N)(=O)=O)nc1O. The number of rotatable bonds is 5. The third kappa shape index (κ3) is 4.55. The minimum Gasteiger partial charge on any atom is -0.491 e. The van der Waals surface area contributed by atoms with Crippen LogP contribution in [0.1, 0.15) is 11.1 Å². The van der Waals surface area contributed by atoms with Gasteiger partial charge in [-0.05, 0) is 29.8 Å². The van der Waals surface area contributed by atoms with Crippen LogP contribution in [0, 0.1) is 11.3 Å². The van der Waals surface area contributed by atoms with Gasteiger partial charge >= 0.3 is 0 Å². The molecule has 0 bridgehead atoms. The number of carbonyl (C=O) groups excluding carboxylic acids is 1. The molecule has 1 heterocycles. The van der Waals surface area contributed by atoms with E-state index in [0.717, 1.165) is 10.9 Å². The maximum absolute atomic E-state index is 12.3. The van der Waals surface area contributed by atoms with E-state index in [1.165, 1.54) is 18.2 Å². The van der Waals surface area contributed by atoms with Crippen LogP contribution in [-0.4, -0.2) is 29.2 Å². The van der Waals surface area contributed by atoms with Crippen molar-refractivity contribution >= 4 is 33.2 Å². The predicted molar refractivity (Wildman–Crippen MR) is 105 cm³/mol. The van der Waals surface area contributed by atoms with Crippen LogP contribution in [0.25, 0.3) is 5.69 Å². The standard InChI is InChI=1S/C18H14ClN5O4S/c19-14-4-2-1-3-11(14)7-17(25)22-13-5-6-15(16(8-13)29(21,27)28)24-10-12(9-20)18(26)23-24/h1-6,8,10H,7H2,(H,22,25)(H,23,26)(H2,21,27,28). The van der Waals surface area contributed by atoms with E-state index in [-0.39, 0.29) is 28.3 Å². The monoisotopic (exact) mass is 431 g/mol. The van der Waals surface area contributed by atoms with Crippen molar-refractivity contribution in [3.05, 3.63) is 64.8 Å². The van der Waals surface area contributed by atoms with Crippen LogP contribution in [0.3, 0.4) is 0 Å². The highest BCUT2D eigenvalue weighted by Crippen LogP contribution is 2.25. The van der Waals surface area contributed by atoms with Crippen LogP contribution in [0.4, 0.5) is 5.69 Å². The second-order valence-corrected chi connectivity index (χ2v) is 7.90. The predicted octanol–water partition coefficient (Wildman–Crippen LogP) is 1.93. The molecular formula is C18H14ClN5O4S. The first-order valence-corrected chi connectivity index (χ1v) is 10.0. The molecule has 0 aliphatic rings. The summed E-state index contributed by atoms with van der Waals surface area (Å²) < 4.78 is 25.1. The number of nitrogens with zero attached hydrogens (tertiary/aromatic N) is 3. The van der Waals surface area contributed by atoms with E-state index < -0.39 is 21.8 Å². The number of halogens is 1. The molecular weight excluding hydrogens is 418 g/mol. The van der Waals surface area contributed by atoms with Gasteiger partial charge in [0, 0.05) is 10.7 Å². The normalized spacial score (nSPS) is 11.1. The van der Waals surface area contributed by atoms with Crippen molar-refractivity contribution in [1.29, 1.82) is 5.26 Å². The number of nitriles is 1. The van der Waals surface area contributed by atoms with E-state index in [1.54, 1.807) is 30.3 Å². The largest absolute Gasteiger partial charge is 0.491 e. The first kappa shape index (κ1) is 20.3. The Kier molecular flexibility index (Phi) is 5.56. The number of nitrogens with two attached hydrogens (primary N) is 1. The highest BCUT2D eigenvalue weighted by molar-refractivity contribution is 7.89. The topological polar surface area (TPSA) is 151 Å². The number of aromatic nitrogens is 2. The molecule has 0 spiro atoms. The lowest BCUT2D eigenvalue weighted by Gasteiger charge is -2.11. The Morgan fingerprint density at radius 3 is 2.66 bits per heavy atom.